The van der Waals surface area contributed by atoms with Crippen LogP contribution in [0.15, 0.2) is 28.7 Å². The lowest BCUT2D eigenvalue weighted by Gasteiger charge is -2.25. The minimum atomic E-state index is -3.48. The summed E-state index contributed by atoms with van der Waals surface area (Å²) < 4.78 is 33.5. The van der Waals surface area contributed by atoms with E-state index in [9.17, 15) is 13.2 Å². The third kappa shape index (κ3) is 3.66. The van der Waals surface area contributed by atoms with Crippen LogP contribution >= 0.6 is 11.3 Å². The lowest BCUT2D eigenvalue weighted by atomic mass is 10.3. The molecule has 0 atom stereocenters. The first-order valence-electron chi connectivity index (χ1n) is 7.40. The van der Waals surface area contributed by atoms with Gasteiger partial charge in [0, 0.05) is 31.2 Å². The Kier molecular flexibility index (Phi) is 4.99. The third-order valence-corrected chi connectivity index (χ3v) is 7.04. The Balaban J connectivity index is 1.64. The highest BCUT2D eigenvalue weighted by Crippen LogP contribution is 2.25. The molecular weight excluding hydrogens is 352 g/mol. The summed E-state index contributed by atoms with van der Waals surface area (Å²) in [4.78, 5) is 12.8. The van der Waals surface area contributed by atoms with Crippen molar-refractivity contribution in [3.8, 4) is 0 Å². The fourth-order valence-corrected chi connectivity index (χ4v) is 5.17. The average molecular weight is 370 g/mol. The van der Waals surface area contributed by atoms with Gasteiger partial charge < -0.3 is 10.1 Å². The first-order valence-corrected chi connectivity index (χ1v) is 9.66. The van der Waals surface area contributed by atoms with Crippen LogP contribution in [0, 0.1) is 0 Å². The van der Waals surface area contributed by atoms with Gasteiger partial charge in [-0.25, -0.2) is 8.42 Å². The standard InChI is InChI=1S/C14H18N4O4S2/c1-17-10-11(8-16-17)14(19)15-9-12-2-3-13(23-12)24(20,21)18-4-6-22-7-5-18/h2-3,8,10H,4-7,9H2,1H3,(H,15,19). The number of hydrogen-bond acceptors (Lipinski definition) is 6. The molecule has 130 valence electrons. The van der Waals surface area contributed by atoms with Crippen molar-refractivity contribution in [2.75, 3.05) is 26.3 Å². The summed E-state index contributed by atoms with van der Waals surface area (Å²) in [6.07, 6.45) is 3.11. The highest BCUT2D eigenvalue weighted by molar-refractivity contribution is 7.91. The van der Waals surface area contributed by atoms with Crippen molar-refractivity contribution in [1.82, 2.24) is 19.4 Å². The van der Waals surface area contributed by atoms with Crippen molar-refractivity contribution >= 4 is 27.3 Å². The Morgan fingerprint density at radius 3 is 2.79 bits per heavy atom. The van der Waals surface area contributed by atoms with Gasteiger partial charge in [0.25, 0.3) is 15.9 Å². The fourth-order valence-electron chi connectivity index (χ4n) is 2.31. The predicted molar refractivity (Wildman–Crippen MR) is 88.3 cm³/mol. The number of carbonyl (C=O) groups excluding carboxylic acids is 1. The number of nitrogens with zero attached hydrogens (tertiary/aromatic N) is 3. The van der Waals surface area contributed by atoms with Crippen molar-refractivity contribution < 1.29 is 17.9 Å². The van der Waals surface area contributed by atoms with Crippen LogP contribution in [0.25, 0.3) is 0 Å². The van der Waals surface area contributed by atoms with E-state index in [4.69, 9.17) is 4.74 Å². The van der Waals surface area contributed by atoms with Gasteiger partial charge in [-0.1, -0.05) is 0 Å². The summed E-state index contributed by atoms with van der Waals surface area (Å²) in [6.45, 7) is 1.84. The molecule has 24 heavy (non-hydrogen) atoms. The molecule has 3 rings (SSSR count). The highest BCUT2D eigenvalue weighted by atomic mass is 32.2. The van der Waals surface area contributed by atoms with E-state index in [1.54, 1.807) is 30.1 Å². The molecule has 0 saturated carbocycles. The maximum Gasteiger partial charge on any atom is 0.254 e. The van der Waals surface area contributed by atoms with Crippen LogP contribution in [0.5, 0.6) is 0 Å². The van der Waals surface area contributed by atoms with Gasteiger partial charge in [-0.2, -0.15) is 9.40 Å². The quantitative estimate of drug-likeness (QED) is 0.824. The maximum atomic E-state index is 12.5. The van der Waals surface area contributed by atoms with Gasteiger partial charge in [-0.05, 0) is 12.1 Å². The van der Waals surface area contributed by atoms with Crippen LogP contribution < -0.4 is 5.32 Å². The molecule has 0 radical (unpaired) electrons. The molecule has 0 unspecified atom stereocenters. The van der Waals surface area contributed by atoms with E-state index in [0.29, 0.717) is 31.9 Å². The SMILES string of the molecule is Cn1cc(C(=O)NCc2ccc(S(=O)(=O)N3CCOCC3)s2)cn1. The number of hydrogen-bond donors (Lipinski definition) is 1. The third-order valence-electron chi connectivity index (χ3n) is 3.59. The molecule has 2 aromatic heterocycles. The van der Waals surface area contributed by atoms with Gasteiger partial charge in [-0.3, -0.25) is 9.48 Å². The number of sulfonamides is 1. The summed E-state index contributed by atoms with van der Waals surface area (Å²) in [5.74, 6) is -0.242. The summed E-state index contributed by atoms with van der Waals surface area (Å²) in [6, 6.07) is 3.31. The Bertz CT molecular complexity index is 821. The second kappa shape index (κ2) is 7.01. The minimum Gasteiger partial charge on any atom is -0.379 e. The molecule has 10 heteroatoms. The molecular formula is C14H18N4O4S2. The van der Waals surface area contributed by atoms with Gasteiger partial charge in [0.15, 0.2) is 0 Å². The van der Waals surface area contributed by atoms with Gasteiger partial charge in [-0.15, -0.1) is 11.3 Å². The summed E-state index contributed by atoms with van der Waals surface area (Å²) in [7, 11) is -1.75. The number of ether oxygens (including phenoxy) is 1. The predicted octanol–water partition coefficient (Wildman–Crippen LogP) is 0.433. The number of aryl methyl sites for hydroxylation is 1. The number of aromatic nitrogens is 2. The van der Waals surface area contributed by atoms with Crippen molar-refractivity contribution in [2.45, 2.75) is 10.8 Å². The molecule has 1 aliphatic heterocycles. The van der Waals surface area contributed by atoms with E-state index >= 15 is 0 Å². The Morgan fingerprint density at radius 2 is 2.12 bits per heavy atom. The highest BCUT2D eigenvalue weighted by Gasteiger charge is 2.27. The van der Waals surface area contributed by atoms with Crippen LogP contribution in [-0.2, 0) is 28.4 Å². The van der Waals surface area contributed by atoms with Gasteiger partial charge in [0.2, 0.25) is 0 Å². The van der Waals surface area contributed by atoms with Crippen molar-refractivity contribution in [1.29, 1.82) is 0 Å². The van der Waals surface area contributed by atoms with Crippen molar-refractivity contribution in [3.05, 3.63) is 35.0 Å². The normalized spacial score (nSPS) is 16.2. The lowest BCUT2D eigenvalue weighted by molar-refractivity contribution is 0.0731. The largest absolute Gasteiger partial charge is 0.379 e. The Hall–Kier alpha value is -1.75. The Labute approximate surface area is 144 Å². The number of rotatable bonds is 5. The number of thiophene rings is 1. The number of amides is 1. The van der Waals surface area contributed by atoms with Crippen LogP contribution in [0.2, 0.25) is 0 Å². The molecule has 1 N–H and O–H groups in total. The monoisotopic (exact) mass is 370 g/mol. The van der Waals surface area contributed by atoms with Crippen molar-refractivity contribution in [2.24, 2.45) is 7.05 Å². The van der Waals surface area contributed by atoms with Gasteiger partial charge >= 0.3 is 0 Å². The van der Waals surface area contributed by atoms with Crippen LogP contribution in [-0.4, -0.2) is 54.7 Å². The number of carbonyl (C=O) groups is 1. The molecule has 0 aromatic carbocycles. The first kappa shape index (κ1) is 17.1. The molecule has 1 aliphatic rings. The van der Waals surface area contributed by atoms with Gasteiger partial charge in [0.05, 0.1) is 31.5 Å². The van der Waals surface area contributed by atoms with E-state index in [1.807, 2.05) is 0 Å². The van der Waals surface area contributed by atoms with E-state index in [0.717, 1.165) is 4.88 Å². The smallest absolute Gasteiger partial charge is 0.254 e. The minimum absolute atomic E-state index is 0.242. The summed E-state index contributed by atoms with van der Waals surface area (Å²) in [5, 5.41) is 6.71. The van der Waals surface area contributed by atoms with E-state index in [1.165, 1.54) is 21.8 Å². The fraction of sp³-hybridized carbons (Fsp3) is 0.429. The summed E-state index contributed by atoms with van der Waals surface area (Å²) in [5.41, 5.74) is 0.468. The second-order valence-corrected chi connectivity index (χ2v) is 8.66. The van der Waals surface area contributed by atoms with Crippen LogP contribution in [0.3, 0.4) is 0 Å². The molecule has 8 nitrogen and oxygen atoms in total. The van der Waals surface area contributed by atoms with E-state index < -0.39 is 10.0 Å². The topological polar surface area (TPSA) is 93.5 Å². The Morgan fingerprint density at radius 1 is 1.38 bits per heavy atom. The molecule has 0 aliphatic carbocycles. The molecule has 3 heterocycles. The van der Waals surface area contributed by atoms with Crippen molar-refractivity contribution in [3.63, 3.8) is 0 Å². The number of nitrogens with one attached hydrogen (secondary N) is 1. The van der Waals surface area contributed by atoms with E-state index in [-0.39, 0.29) is 16.7 Å². The van der Waals surface area contributed by atoms with Crippen LogP contribution in [0.1, 0.15) is 15.2 Å². The molecule has 0 bridgehead atoms. The lowest BCUT2D eigenvalue weighted by Crippen LogP contribution is -2.40. The molecule has 0 spiro atoms. The van der Waals surface area contributed by atoms with E-state index in [2.05, 4.69) is 10.4 Å². The molecule has 1 saturated heterocycles. The molecule has 1 fully saturated rings. The average Bonchev–Trinajstić information content (AvgIpc) is 3.23. The van der Waals surface area contributed by atoms with Gasteiger partial charge in [0.1, 0.15) is 4.21 Å². The second-order valence-electron chi connectivity index (χ2n) is 5.32. The first-order chi connectivity index (χ1) is 11.5. The maximum absolute atomic E-state index is 12.5. The molecule has 1 amide bonds. The van der Waals surface area contributed by atoms with Crippen LogP contribution in [0.4, 0.5) is 0 Å². The zero-order valence-electron chi connectivity index (χ0n) is 13.1. The number of morpholine rings is 1. The summed E-state index contributed by atoms with van der Waals surface area (Å²) >= 11 is 1.17. The zero-order chi connectivity index (χ0) is 17.2. The zero-order valence-corrected chi connectivity index (χ0v) is 14.8. The molecule has 2 aromatic rings.